The highest BCUT2D eigenvalue weighted by Gasteiger charge is 2.35. The number of halogens is 3. The predicted octanol–water partition coefficient (Wildman–Crippen LogP) is 3.85. The number of sulfonamides is 1. The second kappa shape index (κ2) is 8.56. The molecule has 0 spiro atoms. The molecule has 1 saturated heterocycles. The fraction of sp³-hybridized carbons (Fsp3) is 0.389. The molecule has 0 bridgehead atoms. The molecule has 152 valence electrons. The third-order valence-corrected chi connectivity index (χ3v) is 8.63. The highest BCUT2D eigenvalue weighted by atomic mass is 79.9. The van der Waals surface area contributed by atoms with Gasteiger partial charge in [-0.3, -0.25) is 4.79 Å². The molecule has 0 saturated carbocycles. The van der Waals surface area contributed by atoms with Crippen LogP contribution in [0.3, 0.4) is 0 Å². The first-order valence-electron chi connectivity index (χ1n) is 8.63. The van der Waals surface area contributed by atoms with Crippen molar-refractivity contribution in [2.24, 2.45) is 5.92 Å². The van der Waals surface area contributed by atoms with Crippen LogP contribution in [0, 0.1) is 17.6 Å². The summed E-state index contributed by atoms with van der Waals surface area (Å²) in [4.78, 5) is 14.2. The number of carbonyl (C=O) groups is 1. The maximum absolute atomic E-state index is 13.9. The summed E-state index contributed by atoms with van der Waals surface area (Å²) in [6, 6.07) is 6.45. The SMILES string of the molecule is CN(Cc1ccc(F)cc1F)C(=O)C1CCCN(S(=O)(=O)c2ccc(Br)s2)C1. The monoisotopic (exact) mass is 492 g/mol. The van der Waals surface area contributed by atoms with E-state index in [-0.39, 0.29) is 28.8 Å². The van der Waals surface area contributed by atoms with Gasteiger partial charge in [0.2, 0.25) is 5.91 Å². The molecule has 1 unspecified atom stereocenters. The van der Waals surface area contributed by atoms with Crippen LogP contribution in [-0.4, -0.2) is 43.7 Å². The summed E-state index contributed by atoms with van der Waals surface area (Å²) < 4.78 is 54.8. The summed E-state index contributed by atoms with van der Waals surface area (Å²) in [5.41, 5.74) is 0.209. The van der Waals surface area contributed by atoms with Gasteiger partial charge in [-0.15, -0.1) is 11.3 Å². The van der Waals surface area contributed by atoms with Gasteiger partial charge in [0.1, 0.15) is 15.8 Å². The maximum Gasteiger partial charge on any atom is 0.252 e. The zero-order chi connectivity index (χ0) is 20.5. The zero-order valence-corrected chi connectivity index (χ0v) is 18.3. The van der Waals surface area contributed by atoms with Crippen molar-refractivity contribution in [1.82, 2.24) is 9.21 Å². The third-order valence-electron chi connectivity index (χ3n) is 4.67. The van der Waals surface area contributed by atoms with Crippen molar-refractivity contribution in [3.05, 3.63) is 51.3 Å². The second-order valence-corrected chi connectivity index (χ2v) is 11.3. The Morgan fingerprint density at radius 2 is 2.07 bits per heavy atom. The Kier molecular flexibility index (Phi) is 6.53. The highest BCUT2D eigenvalue weighted by Crippen LogP contribution is 2.31. The van der Waals surface area contributed by atoms with Crippen molar-refractivity contribution in [1.29, 1.82) is 0 Å². The molecular formula is C18H19BrF2N2O3S2. The third kappa shape index (κ3) is 4.61. The van der Waals surface area contributed by atoms with Gasteiger partial charge in [0.05, 0.1) is 9.70 Å². The van der Waals surface area contributed by atoms with Crippen molar-refractivity contribution < 1.29 is 22.0 Å². The van der Waals surface area contributed by atoms with Crippen LogP contribution in [0.4, 0.5) is 8.78 Å². The minimum atomic E-state index is -3.65. The van der Waals surface area contributed by atoms with Crippen LogP contribution in [0.15, 0.2) is 38.3 Å². The van der Waals surface area contributed by atoms with E-state index in [1.807, 2.05) is 0 Å². The molecule has 1 aliphatic heterocycles. The molecule has 1 aromatic carbocycles. The van der Waals surface area contributed by atoms with Crippen molar-refractivity contribution >= 4 is 43.2 Å². The number of hydrogen-bond acceptors (Lipinski definition) is 4. The first-order chi connectivity index (χ1) is 13.2. The van der Waals surface area contributed by atoms with Crippen LogP contribution in [0.25, 0.3) is 0 Å². The molecule has 0 radical (unpaired) electrons. The molecule has 28 heavy (non-hydrogen) atoms. The number of nitrogens with zero attached hydrogens (tertiary/aromatic N) is 2. The largest absolute Gasteiger partial charge is 0.341 e. The van der Waals surface area contributed by atoms with Crippen LogP contribution < -0.4 is 0 Å². The Morgan fingerprint density at radius 3 is 2.71 bits per heavy atom. The van der Waals surface area contributed by atoms with Gasteiger partial charge in [0.15, 0.2) is 0 Å². The molecule has 5 nitrogen and oxygen atoms in total. The van der Waals surface area contributed by atoms with Gasteiger partial charge < -0.3 is 4.90 Å². The molecule has 2 aromatic rings. The minimum Gasteiger partial charge on any atom is -0.341 e. The average molecular weight is 493 g/mol. The lowest BCUT2D eigenvalue weighted by Gasteiger charge is -2.33. The van der Waals surface area contributed by atoms with Crippen molar-refractivity contribution in [2.75, 3.05) is 20.1 Å². The first-order valence-corrected chi connectivity index (χ1v) is 11.7. The Hall–Kier alpha value is -1.36. The molecule has 1 amide bonds. The first kappa shape index (κ1) is 21.4. The van der Waals surface area contributed by atoms with Crippen molar-refractivity contribution in [3.63, 3.8) is 0 Å². The molecule has 1 atom stereocenters. The highest BCUT2D eigenvalue weighted by molar-refractivity contribution is 9.11. The van der Waals surface area contributed by atoms with Gasteiger partial charge in [-0.05, 0) is 47.0 Å². The number of hydrogen-bond donors (Lipinski definition) is 0. The van der Waals surface area contributed by atoms with Crippen molar-refractivity contribution in [3.8, 4) is 0 Å². The number of piperidine rings is 1. The van der Waals surface area contributed by atoms with Crippen LogP contribution in [0.5, 0.6) is 0 Å². The second-order valence-electron chi connectivity index (χ2n) is 6.69. The van der Waals surface area contributed by atoms with Gasteiger partial charge in [-0.2, -0.15) is 4.31 Å². The number of thiophene rings is 1. The van der Waals surface area contributed by atoms with Crippen LogP contribution >= 0.6 is 27.3 Å². The van der Waals surface area contributed by atoms with E-state index in [4.69, 9.17) is 0 Å². The lowest BCUT2D eigenvalue weighted by molar-refractivity contribution is -0.135. The van der Waals surface area contributed by atoms with Crippen molar-refractivity contribution in [2.45, 2.75) is 23.6 Å². The Morgan fingerprint density at radius 1 is 1.32 bits per heavy atom. The molecule has 1 aromatic heterocycles. The molecule has 3 rings (SSSR count). The minimum absolute atomic E-state index is 0.00787. The lowest BCUT2D eigenvalue weighted by atomic mass is 9.98. The van der Waals surface area contributed by atoms with Crippen LogP contribution in [-0.2, 0) is 21.4 Å². The smallest absolute Gasteiger partial charge is 0.252 e. The summed E-state index contributed by atoms with van der Waals surface area (Å²) in [5.74, 6) is -2.14. The molecule has 1 aliphatic rings. The summed E-state index contributed by atoms with van der Waals surface area (Å²) in [6.45, 7) is 0.441. The molecule has 0 aliphatic carbocycles. The topological polar surface area (TPSA) is 57.7 Å². The van der Waals surface area contributed by atoms with E-state index in [9.17, 15) is 22.0 Å². The van der Waals surface area contributed by atoms with E-state index in [0.717, 1.165) is 27.3 Å². The van der Waals surface area contributed by atoms with Gasteiger partial charge in [0.25, 0.3) is 10.0 Å². The Balaban J connectivity index is 1.70. The van der Waals surface area contributed by atoms with E-state index in [1.54, 1.807) is 12.1 Å². The number of rotatable bonds is 5. The summed E-state index contributed by atoms with van der Waals surface area (Å²) in [6.07, 6.45) is 1.14. The fourth-order valence-electron chi connectivity index (χ4n) is 3.22. The van der Waals surface area contributed by atoms with Gasteiger partial charge >= 0.3 is 0 Å². The molecule has 0 N–H and O–H groups in total. The summed E-state index contributed by atoms with van der Waals surface area (Å²) in [5, 5.41) is 0. The van der Waals surface area contributed by atoms with E-state index in [2.05, 4.69) is 15.9 Å². The average Bonchev–Trinajstić information content (AvgIpc) is 3.10. The predicted molar refractivity (Wildman–Crippen MR) is 106 cm³/mol. The Bertz CT molecular complexity index is 981. The fourth-order valence-corrected chi connectivity index (χ4v) is 6.91. The molecular weight excluding hydrogens is 474 g/mol. The summed E-state index contributed by atoms with van der Waals surface area (Å²) in [7, 11) is -2.12. The number of amides is 1. The normalized spacial score (nSPS) is 18.2. The Labute approximate surface area is 175 Å². The van der Waals surface area contributed by atoms with E-state index in [0.29, 0.717) is 19.4 Å². The van der Waals surface area contributed by atoms with Crippen LogP contribution in [0.1, 0.15) is 18.4 Å². The standard InChI is InChI=1S/C18H19BrF2N2O3S2/c1-22(10-12-4-5-14(20)9-15(12)21)18(24)13-3-2-8-23(11-13)28(25,26)17-7-6-16(19)27-17/h4-7,9,13H,2-3,8,10-11H2,1H3. The summed E-state index contributed by atoms with van der Waals surface area (Å²) >= 11 is 4.39. The van der Waals surface area contributed by atoms with E-state index in [1.165, 1.54) is 22.3 Å². The zero-order valence-electron chi connectivity index (χ0n) is 15.1. The van der Waals surface area contributed by atoms with Gasteiger partial charge in [-0.1, -0.05) is 6.07 Å². The number of carbonyl (C=O) groups excluding carboxylic acids is 1. The number of benzene rings is 1. The molecule has 10 heteroatoms. The van der Waals surface area contributed by atoms with E-state index < -0.39 is 27.6 Å². The van der Waals surface area contributed by atoms with E-state index >= 15 is 0 Å². The van der Waals surface area contributed by atoms with Gasteiger partial charge in [-0.25, -0.2) is 17.2 Å². The quantitative estimate of drug-likeness (QED) is 0.636. The lowest BCUT2D eigenvalue weighted by Crippen LogP contribution is -2.45. The van der Waals surface area contributed by atoms with Crippen LogP contribution in [0.2, 0.25) is 0 Å². The van der Waals surface area contributed by atoms with Gasteiger partial charge in [0, 0.05) is 38.3 Å². The molecule has 2 heterocycles. The maximum atomic E-state index is 13.9. The molecule has 1 fully saturated rings.